The van der Waals surface area contributed by atoms with Crippen LogP contribution in [-0.2, 0) is 11.2 Å². The third kappa shape index (κ3) is 2.48. The summed E-state index contributed by atoms with van der Waals surface area (Å²) in [5.41, 5.74) is 1.56. The van der Waals surface area contributed by atoms with E-state index in [4.69, 9.17) is 0 Å². The van der Waals surface area contributed by atoms with Crippen LogP contribution in [0.4, 0.5) is 8.78 Å². The Balaban J connectivity index is 1.79. The number of thioether (sulfide) groups is 1. The molecule has 1 atom stereocenters. The van der Waals surface area contributed by atoms with Gasteiger partial charge >= 0.3 is 0 Å². The molecule has 2 aromatic carbocycles. The largest absolute Gasteiger partial charge is 0.299 e. The number of rotatable bonds is 3. The molecule has 2 aromatic rings. The van der Waals surface area contributed by atoms with Gasteiger partial charge in [0.1, 0.15) is 5.78 Å². The van der Waals surface area contributed by atoms with Crippen LogP contribution < -0.4 is 0 Å². The first-order valence-electron chi connectivity index (χ1n) is 6.33. The van der Waals surface area contributed by atoms with E-state index in [0.29, 0.717) is 5.56 Å². The molecule has 0 amide bonds. The van der Waals surface area contributed by atoms with Crippen molar-refractivity contribution in [2.45, 2.75) is 17.2 Å². The molecule has 0 spiro atoms. The van der Waals surface area contributed by atoms with Crippen molar-refractivity contribution in [2.75, 3.05) is 5.75 Å². The van der Waals surface area contributed by atoms with Crippen LogP contribution in [0.5, 0.6) is 0 Å². The Labute approximate surface area is 120 Å². The second-order valence-corrected chi connectivity index (χ2v) is 5.85. The zero-order valence-corrected chi connectivity index (χ0v) is 11.4. The number of hydrogen-bond acceptors (Lipinski definition) is 2. The van der Waals surface area contributed by atoms with Crippen LogP contribution in [0.15, 0.2) is 47.4 Å². The van der Waals surface area contributed by atoms with Gasteiger partial charge in [0, 0.05) is 17.1 Å². The van der Waals surface area contributed by atoms with Crippen molar-refractivity contribution in [3.63, 3.8) is 0 Å². The number of benzene rings is 2. The molecular weight excluding hydrogens is 278 g/mol. The van der Waals surface area contributed by atoms with Gasteiger partial charge in [-0.25, -0.2) is 8.78 Å². The zero-order valence-electron chi connectivity index (χ0n) is 10.6. The summed E-state index contributed by atoms with van der Waals surface area (Å²) in [6.45, 7) is 0. The van der Waals surface area contributed by atoms with Gasteiger partial charge < -0.3 is 0 Å². The van der Waals surface area contributed by atoms with Crippen molar-refractivity contribution in [1.29, 1.82) is 0 Å². The van der Waals surface area contributed by atoms with E-state index < -0.39 is 11.6 Å². The van der Waals surface area contributed by atoms with Gasteiger partial charge in [-0.15, -0.1) is 11.8 Å². The lowest BCUT2D eigenvalue weighted by atomic mass is 9.93. The van der Waals surface area contributed by atoms with Gasteiger partial charge in [-0.1, -0.05) is 24.3 Å². The molecule has 4 heteroatoms. The summed E-state index contributed by atoms with van der Waals surface area (Å²) in [6, 6.07) is 11.5. The third-order valence-electron chi connectivity index (χ3n) is 3.45. The summed E-state index contributed by atoms with van der Waals surface area (Å²) in [4.78, 5) is 13.5. The summed E-state index contributed by atoms with van der Waals surface area (Å²) in [7, 11) is 0. The quantitative estimate of drug-likeness (QED) is 0.851. The molecule has 0 saturated carbocycles. The van der Waals surface area contributed by atoms with E-state index in [9.17, 15) is 13.6 Å². The van der Waals surface area contributed by atoms with E-state index >= 15 is 0 Å². The summed E-state index contributed by atoms with van der Waals surface area (Å²) in [6.07, 6.45) is 0.136. The maximum absolute atomic E-state index is 13.2. The first-order valence-corrected chi connectivity index (χ1v) is 7.32. The number of carbonyl (C=O) groups is 1. The van der Waals surface area contributed by atoms with Gasteiger partial charge in [0.05, 0.1) is 5.92 Å². The molecule has 3 rings (SSSR count). The van der Waals surface area contributed by atoms with Crippen LogP contribution >= 0.6 is 11.8 Å². The summed E-state index contributed by atoms with van der Waals surface area (Å²) < 4.78 is 26.0. The van der Waals surface area contributed by atoms with Crippen molar-refractivity contribution < 1.29 is 13.6 Å². The number of Topliss-reactive ketones (excluding diaryl/α,β-unsaturated/α-hetero) is 1. The predicted molar refractivity (Wildman–Crippen MR) is 75.0 cm³/mol. The average molecular weight is 290 g/mol. The molecule has 0 N–H and O–H groups in total. The van der Waals surface area contributed by atoms with Crippen LogP contribution in [0, 0.1) is 11.6 Å². The van der Waals surface area contributed by atoms with Gasteiger partial charge in [-0.3, -0.25) is 4.79 Å². The highest BCUT2D eigenvalue weighted by Crippen LogP contribution is 2.40. The fraction of sp³-hybridized carbons (Fsp3) is 0.188. The second kappa shape index (κ2) is 5.37. The normalized spacial score (nSPS) is 17.0. The SMILES string of the molecule is O=C(Cc1ccc(F)c(F)c1)C1CSc2ccccc21. The zero-order chi connectivity index (χ0) is 14.1. The summed E-state index contributed by atoms with van der Waals surface area (Å²) >= 11 is 1.67. The molecule has 1 aliphatic rings. The highest BCUT2D eigenvalue weighted by Gasteiger charge is 2.28. The fourth-order valence-corrected chi connectivity index (χ4v) is 3.67. The van der Waals surface area contributed by atoms with Crippen LogP contribution in [-0.4, -0.2) is 11.5 Å². The molecule has 102 valence electrons. The number of hydrogen-bond donors (Lipinski definition) is 0. The monoisotopic (exact) mass is 290 g/mol. The number of carbonyl (C=O) groups excluding carboxylic acids is 1. The maximum Gasteiger partial charge on any atom is 0.159 e. The molecule has 0 saturated heterocycles. The van der Waals surface area contributed by atoms with E-state index in [0.717, 1.165) is 28.3 Å². The number of halogens is 2. The highest BCUT2D eigenvalue weighted by molar-refractivity contribution is 7.99. The van der Waals surface area contributed by atoms with Crippen molar-refractivity contribution in [3.8, 4) is 0 Å². The smallest absolute Gasteiger partial charge is 0.159 e. The average Bonchev–Trinajstić information content (AvgIpc) is 2.87. The van der Waals surface area contributed by atoms with Crippen LogP contribution in [0.2, 0.25) is 0 Å². The maximum atomic E-state index is 13.2. The highest BCUT2D eigenvalue weighted by atomic mass is 32.2. The van der Waals surface area contributed by atoms with Gasteiger partial charge in [-0.05, 0) is 29.3 Å². The summed E-state index contributed by atoms with van der Waals surface area (Å²) in [5.74, 6) is -1.17. The Morgan fingerprint density at radius 3 is 2.75 bits per heavy atom. The minimum absolute atomic E-state index is 0.0495. The summed E-state index contributed by atoms with van der Waals surface area (Å²) in [5, 5.41) is 0. The molecule has 0 aromatic heterocycles. The van der Waals surface area contributed by atoms with Crippen molar-refractivity contribution in [2.24, 2.45) is 0 Å². The molecule has 1 aliphatic heterocycles. The van der Waals surface area contributed by atoms with Crippen molar-refractivity contribution in [3.05, 3.63) is 65.2 Å². The van der Waals surface area contributed by atoms with Gasteiger partial charge in [0.2, 0.25) is 0 Å². The van der Waals surface area contributed by atoms with Gasteiger partial charge in [-0.2, -0.15) is 0 Å². The van der Waals surface area contributed by atoms with Gasteiger partial charge in [0.15, 0.2) is 11.6 Å². The topological polar surface area (TPSA) is 17.1 Å². The lowest BCUT2D eigenvalue weighted by Gasteiger charge is -2.09. The predicted octanol–water partition coefficient (Wildman–Crippen LogP) is 3.97. The molecule has 0 aliphatic carbocycles. The Bertz CT molecular complexity index is 669. The molecule has 1 heterocycles. The van der Waals surface area contributed by atoms with E-state index in [-0.39, 0.29) is 18.1 Å². The minimum atomic E-state index is -0.906. The first kappa shape index (κ1) is 13.3. The molecule has 0 fully saturated rings. The Morgan fingerprint density at radius 2 is 1.95 bits per heavy atom. The minimum Gasteiger partial charge on any atom is -0.299 e. The molecule has 20 heavy (non-hydrogen) atoms. The fourth-order valence-electron chi connectivity index (χ4n) is 2.40. The number of ketones is 1. The van der Waals surface area contributed by atoms with Crippen LogP contribution in [0.1, 0.15) is 17.0 Å². The van der Waals surface area contributed by atoms with Crippen LogP contribution in [0.3, 0.4) is 0 Å². The van der Waals surface area contributed by atoms with E-state index in [2.05, 4.69) is 0 Å². The van der Waals surface area contributed by atoms with Crippen LogP contribution in [0.25, 0.3) is 0 Å². The molecule has 0 radical (unpaired) electrons. The molecular formula is C16H12F2OS. The molecule has 1 unspecified atom stereocenters. The second-order valence-electron chi connectivity index (χ2n) is 4.79. The number of fused-ring (bicyclic) bond motifs is 1. The van der Waals surface area contributed by atoms with Crippen molar-refractivity contribution in [1.82, 2.24) is 0 Å². The lowest BCUT2D eigenvalue weighted by molar-refractivity contribution is -0.119. The van der Waals surface area contributed by atoms with Gasteiger partial charge in [0.25, 0.3) is 0 Å². The molecule has 0 bridgehead atoms. The first-order chi connectivity index (χ1) is 9.65. The van der Waals surface area contributed by atoms with Crippen molar-refractivity contribution >= 4 is 17.5 Å². The Hall–Kier alpha value is -1.68. The lowest BCUT2D eigenvalue weighted by Crippen LogP contribution is -2.14. The Morgan fingerprint density at radius 1 is 1.15 bits per heavy atom. The van der Waals surface area contributed by atoms with E-state index in [1.807, 2.05) is 24.3 Å². The van der Waals surface area contributed by atoms with E-state index in [1.54, 1.807) is 11.8 Å². The Kier molecular flexibility index (Phi) is 3.57. The molecule has 1 nitrogen and oxygen atoms in total. The third-order valence-corrected chi connectivity index (χ3v) is 4.63. The van der Waals surface area contributed by atoms with E-state index in [1.165, 1.54) is 6.07 Å². The standard InChI is InChI=1S/C16H12F2OS/c17-13-6-5-10(7-14(13)18)8-15(19)12-9-20-16-4-2-1-3-11(12)16/h1-7,12H,8-9H2.